The first-order valence-corrected chi connectivity index (χ1v) is 7.36. The van der Waals surface area contributed by atoms with Crippen molar-refractivity contribution < 1.29 is 9.50 Å². The second kappa shape index (κ2) is 6.83. The van der Waals surface area contributed by atoms with Crippen LogP contribution in [0.25, 0.3) is 0 Å². The Bertz CT molecular complexity index is 433. The van der Waals surface area contributed by atoms with E-state index in [0.717, 1.165) is 44.7 Å². The van der Waals surface area contributed by atoms with Crippen molar-refractivity contribution in [1.82, 2.24) is 9.97 Å². The fraction of sp³-hybridized carbons (Fsp3) is 0.714. The smallest absolute Gasteiger partial charge is 0.224 e. The van der Waals surface area contributed by atoms with E-state index in [2.05, 4.69) is 20.6 Å². The zero-order valence-corrected chi connectivity index (χ0v) is 12.0. The largest absolute Gasteiger partial charge is 0.388 e. The number of aliphatic hydroxyl groups is 1. The lowest BCUT2D eigenvalue weighted by molar-refractivity contribution is 0.0380. The Morgan fingerprint density at radius 1 is 1.25 bits per heavy atom. The van der Waals surface area contributed by atoms with Crippen LogP contribution in [0.2, 0.25) is 0 Å². The van der Waals surface area contributed by atoms with Crippen molar-refractivity contribution in [3.63, 3.8) is 0 Å². The number of nitrogens with zero attached hydrogens (tertiary/aromatic N) is 2. The van der Waals surface area contributed by atoms with E-state index in [1.165, 1.54) is 0 Å². The maximum absolute atomic E-state index is 13.7. The van der Waals surface area contributed by atoms with E-state index in [1.54, 1.807) is 0 Å². The van der Waals surface area contributed by atoms with Crippen LogP contribution in [-0.4, -0.2) is 33.8 Å². The average Bonchev–Trinajstić information content (AvgIpc) is 2.65. The molecule has 112 valence electrons. The average molecular weight is 282 g/mol. The third kappa shape index (κ3) is 4.03. The molecule has 20 heavy (non-hydrogen) atoms. The number of aromatic nitrogens is 2. The summed E-state index contributed by atoms with van der Waals surface area (Å²) < 4.78 is 13.7. The lowest BCUT2D eigenvalue weighted by atomic mass is 9.94. The van der Waals surface area contributed by atoms with Crippen molar-refractivity contribution in [2.75, 3.05) is 23.7 Å². The second-order valence-corrected chi connectivity index (χ2v) is 5.41. The molecule has 2 rings (SSSR count). The fourth-order valence-corrected chi connectivity index (χ4v) is 2.55. The molecule has 0 bridgehead atoms. The summed E-state index contributed by atoms with van der Waals surface area (Å²) in [5.41, 5.74) is -0.758. The summed E-state index contributed by atoms with van der Waals surface area (Å²) in [6.07, 6.45) is 7.02. The van der Waals surface area contributed by atoms with Gasteiger partial charge in [-0.25, -0.2) is 9.37 Å². The van der Waals surface area contributed by atoms with Crippen molar-refractivity contribution in [3.8, 4) is 0 Å². The molecule has 1 heterocycles. The van der Waals surface area contributed by atoms with Gasteiger partial charge in [-0.05, 0) is 19.8 Å². The topological polar surface area (TPSA) is 70.1 Å². The van der Waals surface area contributed by atoms with Crippen LogP contribution >= 0.6 is 0 Å². The normalized spacial score (nSPS) is 18.4. The monoisotopic (exact) mass is 282 g/mol. The quantitative estimate of drug-likeness (QED) is 0.724. The lowest BCUT2D eigenvalue weighted by Gasteiger charge is -2.27. The van der Waals surface area contributed by atoms with Crippen LogP contribution < -0.4 is 10.6 Å². The van der Waals surface area contributed by atoms with Crippen molar-refractivity contribution in [3.05, 3.63) is 12.0 Å². The molecule has 3 N–H and O–H groups in total. The van der Waals surface area contributed by atoms with Crippen LogP contribution in [0.15, 0.2) is 6.20 Å². The van der Waals surface area contributed by atoms with Gasteiger partial charge in [-0.2, -0.15) is 4.98 Å². The molecule has 1 aromatic heterocycles. The molecule has 0 aromatic carbocycles. The molecule has 0 aliphatic heterocycles. The van der Waals surface area contributed by atoms with Gasteiger partial charge in [0.2, 0.25) is 5.95 Å². The van der Waals surface area contributed by atoms with Gasteiger partial charge in [-0.1, -0.05) is 25.7 Å². The van der Waals surface area contributed by atoms with E-state index in [9.17, 15) is 9.50 Å². The van der Waals surface area contributed by atoms with Crippen molar-refractivity contribution in [2.45, 2.75) is 51.0 Å². The molecule has 1 aliphatic rings. The van der Waals surface area contributed by atoms with Crippen LogP contribution in [0, 0.1) is 5.82 Å². The highest BCUT2D eigenvalue weighted by molar-refractivity contribution is 5.41. The number of rotatable bonds is 5. The molecule has 1 saturated carbocycles. The molecule has 0 radical (unpaired) electrons. The van der Waals surface area contributed by atoms with Crippen LogP contribution in [-0.2, 0) is 0 Å². The third-order valence-electron chi connectivity index (χ3n) is 3.70. The fourth-order valence-electron chi connectivity index (χ4n) is 2.55. The molecule has 0 amide bonds. The van der Waals surface area contributed by atoms with Crippen LogP contribution in [0.1, 0.15) is 45.4 Å². The van der Waals surface area contributed by atoms with E-state index in [0.29, 0.717) is 19.0 Å². The third-order valence-corrected chi connectivity index (χ3v) is 3.70. The molecule has 0 atom stereocenters. The minimum absolute atomic E-state index is 0.147. The minimum atomic E-state index is -0.758. The highest BCUT2D eigenvalue weighted by Gasteiger charge is 2.28. The summed E-state index contributed by atoms with van der Waals surface area (Å²) in [5, 5.41) is 16.4. The van der Waals surface area contributed by atoms with Crippen molar-refractivity contribution >= 4 is 11.8 Å². The van der Waals surface area contributed by atoms with Gasteiger partial charge in [0.15, 0.2) is 11.6 Å². The molecule has 0 spiro atoms. The summed E-state index contributed by atoms with van der Waals surface area (Å²) >= 11 is 0. The first-order chi connectivity index (χ1) is 9.63. The first kappa shape index (κ1) is 15.0. The van der Waals surface area contributed by atoms with Crippen molar-refractivity contribution in [1.29, 1.82) is 0 Å². The molecule has 0 unspecified atom stereocenters. The Balaban J connectivity index is 2.00. The molecule has 5 nitrogen and oxygen atoms in total. The van der Waals surface area contributed by atoms with E-state index < -0.39 is 11.4 Å². The molecular formula is C14H23FN4O. The van der Waals surface area contributed by atoms with E-state index >= 15 is 0 Å². The zero-order valence-electron chi connectivity index (χ0n) is 12.0. The highest BCUT2D eigenvalue weighted by atomic mass is 19.1. The zero-order chi connectivity index (χ0) is 14.4. The summed E-state index contributed by atoms with van der Waals surface area (Å²) in [7, 11) is 0. The molecule has 1 aromatic rings. The SMILES string of the molecule is CCNc1ncc(F)c(NCC2(O)CCCCCC2)n1. The van der Waals surface area contributed by atoms with Gasteiger partial charge in [-0.3, -0.25) is 0 Å². The maximum atomic E-state index is 13.7. The summed E-state index contributed by atoms with van der Waals surface area (Å²) in [6, 6.07) is 0. The minimum Gasteiger partial charge on any atom is -0.388 e. The Hall–Kier alpha value is -1.43. The van der Waals surface area contributed by atoms with Crippen LogP contribution in [0.4, 0.5) is 16.2 Å². The molecule has 6 heteroatoms. The van der Waals surface area contributed by atoms with Gasteiger partial charge in [0.1, 0.15) is 0 Å². The summed E-state index contributed by atoms with van der Waals surface area (Å²) in [4.78, 5) is 7.94. The second-order valence-electron chi connectivity index (χ2n) is 5.41. The van der Waals surface area contributed by atoms with Crippen LogP contribution in [0.5, 0.6) is 0 Å². The lowest BCUT2D eigenvalue weighted by Crippen LogP contribution is -2.36. The van der Waals surface area contributed by atoms with E-state index in [-0.39, 0.29) is 5.82 Å². The number of anilines is 2. The molecular weight excluding hydrogens is 259 g/mol. The number of hydrogen-bond donors (Lipinski definition) is 3. The number of hydrogen-bond acceptors (Lipinski definition) is 5. The maximum Gasteiger partial charge on any atom is 0.224 e. The van der Waals surface area contributed by atoms with Crippen LogP contribution in [0.3, 0.4) is 0 Å². The summed E-state index contributed by atoms with van der Waals surface area (Å²) in [6.45, 7) is 2.93. The van der Waals surface area contributed by atoms with Gasteiger partial charge in [0.05, 0.1) is 11.8 Å². The predicted octanol–water partition coefficient (Wildman–Crippen LogP) is 2.54. The molecule has 1 fully saturated rings. The Kier molecular flexibility index (Phi) is 5.11. The number of nitrogens with one attached hydrogen (secondary N) is 2. The standard InChI is InChI=1S/C14H23FN4O/c1-2-16-13-17-9-11(15)12(19-13)18-10-14(20)7-5-3-4-6-8-14/h9,20H,2-8,10H2,1H3,(H2,16,17,18,19). The molecule has 0 saturated heterocycles. The van der Waals surface area contributed by atoms with E-state index in [4.69, 9.17) is 0 Å². The Morgan fingerprint density at radius 3 is 2.60 bits per heavy atom. The van der Waals surface area contributed by atoms with Gasteiger partial charge >= 0.3 is 0 Å². The summed E-state index contributed by atoms with van der Waals surface area (Å²) in [5.74, 6) is 0.0433. The Labute approximate surface area is 119 Å². The van der Waals surface area contributed by atoms with Gasteiger partial charge in [-0.15, -0.1) is 0 Å². The highest BCUT2D eigenvalue weighted by Crippen LogP contribution is 2.27. The van der Waals surface area contributed by atoms with E-state index in [1.807, 2.05) is 6.92 Å². The van der Waals surface area contributed by atoms with Gasteiger partial charge in [0, 0.05) is 13.1 Å². The van der Waals surface area contributed by atoms with Gasteiger partial charge in [0.25, 0.3) is 0 Å². The Morgan fingerprint density at radius 2 is 1.95 bits per heavy atom. The molecule has 1 aliphatic carbocycles. The number of halogens is 1. The predicted molar refractivity (Wildman–Crippen MR) is 77.3 cm³/mol. The van der Waals surface area contributed by atoms with Gasteiger partial charge < -0.3 is 15.7 Å². The van der Waals surface area contributed by atoms with Crippen molar-refractivity contribution in [2.24, 2.45) is 0 Å². The first-order valence-electron chi connectivity index (χ1n) is 7.36.